The standard InChI is InChI=1S/C16H27FN4O2S/c1-5-21(6-2)24(22,23)11-10-19-16(18-3)20(4)13-14-8-7-9-15(17)12-14/h7-9,12H,5-6,10-11,13H2,1-4H3,(H,18,19). The van der Waals surface area contributed by atoms with E-state index in [4.69, 9.17) is 0 Å². The Morgan fingerprint density at radius 3 is 2.50 bits per heavy atom. The molecule has 0 heterocycles. The van der Waals surface area contributed by atoms with Crippen LogP contribution in [-0.4, -0.2) is 63.1 Å². The molecule has 136 valence electrons. The van der Waals surface area contributed by atoms with Crippen molar-refractivity contribution in [3.63, 3.8) is 0 Å². The van der Waals surface area contributed by atoms with Crippen LogP contribution in [-0.2, 0) is 16.6 Å². The van der Waals surface area contributed by atoms with Gasteiger partial charge >= 0.3 is 0 Å². The fourth-order valence-corrected chi connectivity index (χ4v) is 3.81. The summed E-state index contributed by atoms with van der Waals surface area (Å²) in [6.45, 7) is 5.31. The summed E-state index contributed by atoms with van der Waals surface area (Å²) < 4.78 is 39.0. The van der Waals surface area contributed by atoms with Crippen molar-refractivity contribution in [2.45, 2.75) is 20.4 Å². The van der Waals surface area contributed by atoms with Crippen LogP contribution < -0.4 is 5.32 Å². The van der Waals surface area contributed by atoms with Crippen molar-refractivity contribution in [3.05, 3.63) is 35.6 Å². The summed E-state index contributed by atoms with van der Waals surface area (Å²) in [5.41, 5.74) is 0.816. The average molecular weight is 358 g/mol. The third-order valence-electron chi connectivity index (χ3n) is 3.62. The Balaban J connectivity index is 2.59. The molecule has 0 unspecified atom stereocenters. The second-order valence-corrected chi connectivity index (χ2v) is 7.45. The van der Waals surface area contributed by atoms with Gasteiger partial charge in [-0.2, -0.15) is 0 Å². The van der Waals surface area contributed by atoms with Gasteiger partial charge in [-0.05, 0) is 17.7 Å². The normalized spacial score (nSPS) is 12.5. The molecule has 0 atom stereocenters. The lowest BCUT2D eigenvalue weighted by Gasteiger charge is -2.23. The zero-order valence-electron chi connectivity index (χ0n) is 14.8. The molecule has 0 radical (unpaired) electrons. The fraction of sp³-hybridized carbons (Fsp3) is 0.562. The van der Waals surface area contributed by atoms with Crippen LogP contribution in [0.3, 0.4) is 0 Å². The van der Waals surface area contributed by atoms with Gasteiger partial charge in [-0.25, -0.2) is 17.1 Å². The molecule has 0 aliphatic carbocycles. The molecule has 0 aromatic heterocycles. The molecule has 0 saturated carbocycles. The lowest BCUT2D eigenvalue weighted by Crippen LogP contribution is -2.42. The Labute approximate surface area is 144 Å². The number of hydrogen-bond acceptors (Lipinski definition) is 3. The molecule has 0 saturated heterocycles. The van der Waals surface area contributed by atoms with E-state index in [2.05, 4.69) is 10.3 Å². The SMILES string of the molecule is CCN(CC)S(=O)(=O)CCNC(=NC)N(C)Cc1cccc(F)c1. The van der Waals surface area contributed by atoms with Crippen LogP contribution in [0, 0.1) is 5.82 Å². The van der Waals surface area contributed by atoms with E-state index in [-0.39, 0.29) is 18.1 Å². The zero-order chi connectivity index (χ0) is 18.2. The summed E-state index contributed by atoms with van der Waals surface area (Å²) >= 11 is 0. The predicted octanol–water partition coefficient (Wildman–Crippen LogP) is 1.50. The first-order valence-electron chi connectivity index (χ1n) is 7.98. The molecular weight excluding hydrogens is 331 g/mol. The number of nitrogens with one attached hydrogen (secondary N) is 1. The molecule has 1 rings (SSSR count). The first-order valence-corrected chi connectivity index (χ1v) is 9.59. The second kappa shape index (κ2) is 9.58. The number of aliphatic imine (C=N–C) groups is 1. The van der Waals surface area contributed by atoms with Gasteiger partial charge in [0.1, 0.15) is 5.82 Å². The van der Waals surface area contributed by atoms with Gasteiger partial charge in [0, 0.05) is 40.3 Å². The van der Waals surface area contributed by atoms with E-state index in [1.807, 2.05) is 31.9 Å². The van der Waals surface area contributed by atoms with Crippen LogP contribution in [0.4, 0.5) is 4.39 Å². The van der Waals surface area contributed by atoms with Crippen molar-refractivity contribution >= 4 is 16.0 Å². The summed E-state index contributed by atoms with van der Waals surface area (Å²) in [6.07, 6.45) is 0. The Morgan fingerprint density at radius 1 is 1.29 bits per heavy atom. The second-order valence-electron chi connectivity index (χ2n) is 5.36. The highest BCUT2D eigenvalue weighted by molar-refractivity contribution is 7.89. The van der Waals surface area contributed by atoms with E-state index >= 15 is 0 Å². The largest absolute Gasteiger partial charge is 0.355 e. The van der Waals surface area contributed by atoms with Crippen molar-refractivity contribution in [2.24, 2.45) is 4.99 Å². The molecule has 1 N–H and O–H groups in total. The van der Waals surface area contributed by atoms with Gasteiger partial charge in [-0.3, -0.25) is 4.99 Å². The van der Waals surface area contributed by atoms with Gasteiger partial charge in [0.15, 0.2) is 5.96 Å². The van der Waals surface area contributed by atoms with Crippen LogP contribution in [0.15, 0.2) is 29.3 Å². The first kappa shape index (κ1) is 20.4. The third-order valence-corrected chi connectivity index (χ3v) is 5.65. The van der Waals surface area contributed by atoms with Crippen LogP contribution in [0.5, 0.6) is 0 Å². The van der Waals surface area contributed by atoms with E-state index in [0.717, 1.165) is 5.56 Å². The van der Waals surface area contributed by atoms with Crippen molar-refractivity contribution in [1.29, 1.82) is 0 Å². The molecule has 8 heteroatoms. The van der Waals surface area contributed by atoms with Gasteiger partial charge in [0.2, 0.25) is 10.0 Å². The Morgan fingerprint density at radius 2 is 1.96 bits per heavy atom. The number of guanidine groups is 1. The average Bonchev–Trinajstić information content (AvgIpc) is 2.52. The summed E-state index contributed by atoms with van der Waals surface area (Å²) in [6, 6.07) is 6.35. The topological polar surface area (TPSA) is 65.0 Å². The Kier molecular flexibility index (Phi) is 8.14. The van der Waals surface area contributed by atoms with Crippen molar-refractivity contribution in [1.82, 2.24) is 14.5 Å². The highest BCUT2D eigenvalue weighted by Crippen LogP contribution is 2.06. The Hall–Kier alpha value is -1.67. The van der Waals surface area contributed by atoms with Crippen LogP contribution in [0.1, 0.15) is 19.4 Å². The van der Waals surface area contributed by atoms with Crippen molar-refractivity contribution < 1.29 is 12.8 Å². The lowest BCUT2D eigenvalue weighted by atomic mass is 10.2. The number of halogens is 1. The molecular formula is C16H27FN4O2S. The van der Waals surface area contributed by atoms with Gasteiger partial charge in [-0.15, -0.1) is 0 Å². The van der Waals surface area contributed by atoms with E-state index in [9.17, 15) is 12.8 Å². The summed E-state index contributed by atoms with van der Waals surface area (Å²) in [7, 11) is 0.178. The number of nitrogens with zero attached hydrogens (tertiary/aromatic N) is 3. The summed E-state index contributed by atoms with van der Waals surface area (Å²) in [5, 5.41) is 3.04. The van der Waals surface area contributed by atoms with Gasteiger partial charge in [0.05, 0.1) is 5.75 Å². The molecule has 0 spiro atoms. The summed E-state index contributed by atoms with van der Waals surface area (Å²) in [5.74, 6) is 0.282. The minimum Gasteiger partial charge on any atom is -0.355 e. The molecule has 0 bridgehead atoms. The molecule has 0 fully saturated rings. The van der Waals surface area contributed by atoms with Gasteiger partial charge in [0.25, 0.3) is 0 Å². The molecule has 1 aromatic carbocycles. The molecule has 0 aliphatic heterocycles. The zero-order valence-corrected chi connectivity index (χ0v) is 15.6. The highest BCUT2D eigenvalue weighted by atomic mass is 32.2. The fourth-order valence-electron chi connectivity index (χ4n) is 2.41. The van der Waals surface area contributed by atoms with E-state index in [1.54, 1.807) is 13.1 Å². The first-order chi connectivity index (χ1) is 11.3. The van der Waals surface area contributed by atoms with E-state index in [1.165, 1.54) is 16.4 Å². The number of benzene rings is 1. The highest BCUT2D eigenvalue weighted by Gasteiger charge is 2.18. The summed E-state index contributed by atoms with van der Waals surface area (Å²) in [4.78, 5) is 5.96. The van der Waals surface area contributed by atoms with E-state index < -0.39 is 10.0 Å². The number of rotatable bonds is 8. The van der Waals surface area contributed by atoms with Crippen molar-refractivity contribution in [3.8, 4) is 0 Å². The molecule has 6 nitrogen and oxygen atoms in total. The van der Waals surface area contributed by atoms with E-state index in [0.29, 0.717) is 25.6 Å². The molecule has 0 amide bonds. The maximum absolute atomic E-state index is 13.2. The monoisotopic (exact) mass is 358 g/mol. The van der Waals surface area contributed by atoms with Crippen molar-refractivity contribution in [2.75, 3.05) is 39.5 Å². The maximum Gasteiger partial charge on any atom is 0.215 e. The maximum atomic E-state index is 13.2. The smallest absolute Gasteiger partial charge is 0.215 e. The van der Waals surface area contributed by atoms with Crippen LogP contribution >= 0.6 is 0 Å². The number of hydrogen-bond donors (Lipinski definition) is 1. The number of sulfonamides is 1. The Bertz CT molecular complexity index is 645. The molecule has 1 aromatic rings. The van der Waals surface area contributed by atoms with Gasteiger partial charge < -0.3 is 10.2 Å². The molecule has 0 aliphatic rings. The minimum atomic E-state index is -3.27. The predicted molar refractivity (Wildman–Crippen MR) is 95.9 cm³/mol. The van der Waals surface area contributed by atoms with Gasteiger partial charge in [-0.1, -0.05) is 26.0 Å². The third kappa shape index (κ3) is 6.09. The quantitative estimate of drug-likeness (QED) is 0.565. The van der Waals surface area contributed by atoms with Crippen LogP contribution in [0.2, 0.25) is 0 Å². The van der Waals surface area contributed by atoms with Crippen LogP contribution in [0.25, 0.3) is 0 Å². The lowest BCUT2D eigenvalue weighted by molar-refractivity contribution is 0.443. The minimum absolute atomic E-state index is 0.00149. The molecule has 24 heavy (non-hydrogen) atoms.